The lowest BCUT2D eigenvalue weighted by atomic mass is 9.92. The summed E-state index contributed by atoms with van der Waals surface area (Å²) in [4.78, 5) is 2.58. The van der Waals surface area contributed by atoms with Gasteiger partial charge in [-0.25, -0.2) is 0 Å². The van der Waals surface area contributed by atoms with Crippen molar-refractivity contribution in [3.05, 3.63) is 0 Å². The second kappa shape index (κ2) is 4.17. The van der Waals surface area contributed by atoms with Crippen molar-refractivity contribution in [2.45, 2.75) is 44.2 Å². The smallest absolute Gasteiger partial charge is 0.0930 e. The Kier molecular flexibility index (Phi) is 3.10. The third kappa shape index (κ3) is 2.10. The molecule has 82 valence electrons. The zero-order valence-electron chi connectivity index (χ0n) is 9.17. The van der Waals surface area contributed by atoms with Gasteiger partial charge in [-0.3, -0.25) is 4.90 Å². The molecular weight excluding hydrogens is 176 g/mol. The van der Waals surface area contributed by atoms with E-state index in [1.54, 1.807) is 0 Å². The predicted octanol–water partition coefficient (Wildman–Crippen LogP) is 0.979. The second-order valence-electron chi connectivity index (χ2n) is 4.63. The van der Waals surface area contributed by atoms with Crippen LogP contribution in [0.5, 0.6) is 0 Å². The minimum atomic E-state index is -0.0322. The van der Waals surface area contributed by atoms with Crippen LogP contribution in [0.3, 0.4) is 0 Å². The molecule has 2 fully saturated rings. The highest BCUT2D eigenvalue weighted by Gasteiger charge is 2.40. The summed E-state index contributed by atoms with van der Waals surface area (Å²) in [5, 5.41) is 0. The first-order chi connectivity index (χ1) is 6.79. The van der Waals surface area contributed by atoms with Gasteiger partial charge in [0.2, 0.25) is 0 Å². The largest absolute Gasteiger partial charge is 0.373 e. The highest BCUT2D eigenvalue weighted by Crippen LogP contribution is 2.33. The molecule has 3 nitrogen and oxygen atoms in total. The maximum atomic E-state index is 5.86. The summed E-state index contributed by atoms with van der Waals surface area (Å²) in [5.74, 6) is 0. The second-order valence-corrected chi connectivity index (χ2v) is 4.63. The molecule has 3 heteroatoms. The van der Waals surface area contributed by atoms with E-state index in [4.69, 9.17) is 10.5 Å². The van der Waals surface area contributed by atoms with Crippen LogP contribution in [0.2, 0.25) is 0 Å². The van der Waals surface area contributed by atoms with E-state index in [2.05, 4.69) is 11.8 Å². The van der Waals surface area contributed by atoms with Crippen molar-refractivity contribution in [3.8, 4) is 0 Å². The Morgan fingerprint density at radius 1 is 1.50 bits per heavy atom. The Balaban J connectivity index is 1.95. The number of nitrogens with two attached hydrogens (primary N) is 1. The van der Waals surface area contributed by atoms with Crippen LogP contribution in [0.4, 0.5) is 0 Å². The Labute approximate surface area is 86.6 Å². The van der Waals surface area contributed by atoms with E-state index in [9.17, 15) is 0 Å². The van der Waals surface area contributed by atoms with E-state index < -0.39 is 0 Å². The fourth-order valence-electron chi connectivity index (χ4n) is 2.53. The first-order valence-corrected chi connectivity index (χ1v) is 5.88. The molecule has 0 amide bonds. The van der Waals surface area contributed by atoms with Crippen LogP contribution < -0.4 is 5.73 Å². The Morgan fingerprint density at radius 2 is 2.29 bits per heavy atom. The fraction of sp³-hybridized carbons (Fsp3) is 1.00. The summed E-state index contributed by atoms with van der Waals surface area (Å²) >= 11 is 0. The molecule has 1 atom stereocenters. The number of rotatable bonds is 4. The summed E-state index contributed by atoms with van der Waals surface area (Å²) in [7, 11) is 0. The summed E-state index contributed by atoms with van der Waals surface area (Å²) in [6.45, 7) is 5.83. The highest BCUT2D eigenvalue weighted by atomic mass is 16.5. The van der Waals surface area contributed by atoms with E-state index >= 15 is 0 Å². The molecule has 2 N–H and O–H groups in total. The lowest BCUT2D eigenvalue weighted by Gasteiger charge is -2.42. The van der Waals surface area contributed by atoms with Crippen LogP contribution in [-0.2, 0) is 4.74 Å². The van der Waals surface area contributed by atoms with Crippen molar-refractivity contribution >= 4 is 0 Å². The first kappa shape index (κ1) is 10.4. The molecule has 1 aliphatic carbocycles. The molecule has 0 aromatic carbocycles. The molecule has 2 aliphatic rings. The summed E-state index contributed by atoms with van der Waals surface area (Å²) in [6.07, 6.45) is 5.15. The molecule has 1 saturated heterocycles. The maximum absolute atomic E-state index is 5.86. The van der Waals surface area contributed by atoms with Gasteiger partial charge in [-0.15, -0.1) is 0 Å². The molecule has 0 spiro atoms. The van der Waals surface area contributed by atoms with Gasteiger partial charge in [0, 0.05) is 25.7 Å². The van der Waals surface area contributed by atoms with Crippen molar-refractivity contribution in [1.82, 2.24) is 4.90 Å². The number of hydrogen-bond acceptors (Lipinski definition) is 3. The van der Waals surface area contributed by atoms with Gasteiger partial charge in [-0.1, -0.05) is 0 Å². The minimum absolute atomic E-state index is 0.0322. The van der Waals surface area contributed by atoms with Crippen molar-refractivity contribution in [2.24, 2.45) is 5.73 Å². The molecule has 0 radical (unpaired) electrons. The van der Waals surface area contributed by atoms with E-state index in [0.29, 0.717) is 6.54 Å². The first-order valence-electron chi connectivity index (χ1n) is 5.88. The van der Waals surface area contributed by atoms with Crippen LogP contribution >= 0.6 is 0 Å². The molecule has 1 unspecified atom stereocenters. The number of nitrogens with zero attached hydrogens (tertiary/aromatic N) is 1. The topological polar surface area (TPSA) is 38.5 Å². The van der Waals surface area contributed by atoms with Crippen LogP contribution in [0.25, 0.3) is 0 Å². The lowest BCUT2D eigenvalue weighted by molar-refractivity contribution is -0.0807. The standard InChI is InChI=1S/C11H22N2O/c1-2-14-11(8-12)6-3-7-13(9-11)10-4-5-10/h10H,2-9,12H2,1H3. The molecular formula is C11H22N2O. The summed E-state index contributed by atoms with van der Waals surface area (Å²) in [6, 6.07) is 0.849. The third-order valence-electron chi connectivity index (χ3n) is 3.45. The molecule has 1 saturated carbocycles. The predicted molar refractivity (Wildman–Crippen MR) is 57.2 cm³/mol. The zero-order valence-corrected chi connectivity index (χ0v) is 9.17. The Hall–Kier alpha value is -0.120. The maximum Gasteiger partial charge on any atom is 0.0930 e. The van der Waals surface area contributed by atoms with E-state index in [1.165, 1.54) is 25.8 Å². The van der Waals surface area contributed by atoms with Crippen molar-refractivity contribution in [2.75, 3.05) is 26.2 Å². The quantitative estimate of drug-likeness (QED) is 0.732. The van der Waals surface area contributed by atoms with Gasteiger partial charge in [0.05, 0.1) is 5.60 Å². The molecule has 1 heterocycles. The highest BCUT2D eigenvalue weighted by molar-refractivity contribution is 4.95. The monoisotopic (exact) mass is 198 g/mol. The molecule has 2 rings (SSSR count). The average molecular weight is 198 g/mol. The van der Waals surface area contributed by atoms with E-state index in [-0.39, 0.29) is 5.60 Å². The van der Waals surface area contributed by atoms with Crippen LogP contribution in [0.1, 0.15) is 32.6 Å². The van der Waals surface area contributed by atoms with Crippen molar-refractivity contribution in [3.63, 3.8) is 0 Å². The molecule has 0 aromatic heterocycles. The van der Waals surface area contributed by atoms with Crippen LogP contribution in [-0.4, -0.2) is 42.8 Å². The van der Waals surface area contributed by atoms with E-state index in [0.717, 1.165) is 25.6 Å². The van der Waals surface area contributed by atoms with Gasteiger partial charge in [-0.05, 0) is 39.2 Å². The van der Waals surface area contributed by atoms with Gasteiger partial charge < -0.3 is 10.5 Å². The lowest BCUT2D eigenvalue weighted by Crippen LogP contribution is -2.54. The summed E-state index contributed by atoms with van der Waals surface area (Å²) < 4.78 is 5.86. The molecule has 0 aromatic rings. The van der Waals surface area contributed by atoms with Gasteiger partial charge in [0.25, 0.3) is 0 Å². The summed E-state index contributed by atoms with van der Waals surface area (Å²) in [5.41, 5.74) is 5.82. The number of hydrogen-bond donors (Lipinski definition) is 1. The molecule has 14 heavy (non-hydrogen) atoms. The normalized spacial score (nSPS) is 34.7. The average Bonchev–Trinajstić information content (AvgIpc) is 3.02. The van der Waals surface area contributed by atoms with Crippen molar-refractivity contribution in [1.29, 1.82) is 0 Å². The minimum Gasteiger partial charge on any atom is -0.373 e. The number of piperidine rings is 1. The van der Waals surface area contributed by atoms with Crippen LogP contribution in [0, 0.1) is 0 Å². The van der Waals surface area contributed by atoms with Gasteiger partial charge in [0.1, 0.15) is 0 Å². The SMILES string of the molecule is CCOC1(CN)CCCN(C2CC2)C1. The molecule has 0 bridgehead atoms. The molecule has 1 aliphatic heterocycles. The number of likely N-dealkylation sites (tertiary alicyclic amines) is 1. The third-order valence-corrected chi connectivity index (χ3v) is 3.45. The Bertz CT molecular complexity index is 190. The van der Waals surface area contributed by atoms with Gasteiger partial charge in [0.15, 0.2) is 0 Å². The van der Waals surface area contributed by atoms with Crippen molar-refractivity contribution < 1.29 is 4.74 Å². The Morgan fingerprint density at radius 3 is 2.86 bits per heavy atom. The van der Waals surface area contributed by atoms with Crippen LogP contribution in [0.15, 0.2) is 0 Å². The zero-order chi connectivity index (χ0) is 10.0. The number of ether oxygens (including phenoxy) is 1. The fourth-order valence-corrected chi connectivity index (χ4v) is 2.53. The van der Waals surface area contributed by atoms with Gasteiger partial charge in [-0.2, -0.15) is 0 Å². The van der Waals surface area contributed by atoms with Gasteiger partial charge >= 0.3 is 0 Å². The van der Waals surface area contributed by atoms with E-state index in [1.807, 2.05) is 0 Å².